The van der Waals surface area contributed by atoms with Crippen molar-refractivity contribution in [3.63, 3.8) is 0 Å². The van der Waals surface area contributed by atoms with Gasteiger partial charge in [-0.25, -0.2) is 0 Å². The molecule has 148 valence electrons. The van der Waals surface area contributed by atoms with E-state index in [-0.39, 0.29) is 12.3 Å². The molecule has 3 N–H and O–H groups in total. The number of hydrogen-bond acceptors (Lipinski definition) is 6. The van der Waals surface area contributed by atoms with E-state index in [2.05, 4.69) is 15.6 Å². The van der Waals surface area contributed by atoms with E-state index in [4.69, 9.17) is 15.0 Å². The van der Waals surface area contributed by atoms with Crippen molar-refractivity contribution >= 4 is 22.6 Å². The summed E-state index contributed by atoms with van der Waals surface area (Å²) in [6, 6.07) is 14.8. The number of anilines is 1. The summed E-state index contributed by atoms with van der Waals surface area (Å²) in [4.78, 5) is 12.6. The second-order valence-corrected chi connectivity index (χ2v) is 6.54. The predicted octanol–water partition coefficient (Wildman–Crippen LogP) is 2.75. The van der Waals surface area contributed by atoms with Crippen LogP contribution in [-0.2, 0) is 18.3 Å². The Balaban J connectivity index is 1.56. The maximum Gasteiger partial charge on any atom is 0.230 e. The Bertz CT molecular complexity index is 1150. The number of ether oxygens (including phenoxy) is 1. The van der Waals surface area contributed by atoms with Crippen LogP contribution >= 0.6 is 0 Å². The number of fused-ring (bicyclic) bond motifs is 1. The number of hydrogen-bond donors (Lipinski definition) is 2. The average Bonchev–Trinajstić information content (AvgIpc) is 3.33. The molecule has 8 nitrogen and oxygen atoms in total. The van der Waals surface area contributed by atoms with Gasteiger partial charge in [0.1, 0.15) is 18.1 Å². The van der Waals surface area contributed by atoms with E-state index >= 15 is 0 Å². The van der Waals surface area contributed by atoms with Gasteiger partial charge in [0.2, 0.25) is 5.91 Å². The first-order valence-corrected chi connectivity index (χ1v) is 9.24. The van der Waals surface area contributed by atoms with E-state index in [1.54, 1.807) is 16.9 Å². The third-order valence-corrected chi connectivity index (χ3v) is 4.52. The standard InChI is InChI=1S/C21H21N5O3/c1-26-18(8-10-23-26)16-12-14(6-7-19(16)28-11-9-22)24-21(27)13-17-15-4-2-3-5-20(15)29-25-17/h2-8,10,12H,9,11,13,22H2,1H3,(H,24,27). The fraction of sp³-hybridized carbons (Fsp3) is 0.190. The Morgan fingerprint density at radius 1 is 1.24 bits per heavy atom. The number of nitrogens with one attached hydrogen (secondary N) is 1. The topological polar surface area (TPSA) is 108 Å². The zero-order valence-corrected chi connectivity index (χ0v) is 16.0. The number of aryl methyl sites for hydroxylation is 1. The van der Waals surface area contributed by atoms with Crippen LogP contribution in [0.5, 0.6) is 5.75 Å². The molecule has 0 unspecified atom stereocenters. The molecule has 0 atom stereocenters. The van der Waals surface area contributed by atoms with Crippen LogP contribution in [0.4, 0.5) is 5.69 Å². The number of amides is 1. The fourth-order valence-electron chi connectivity index (χ4n) is 3.16. The summed E-state index contributed by atoms with van der Waals surface area (Å²) < 4.78 is 12.8. The lowest BCUT2D eigenvalue weighted by atomic mass is 10.1. The SMILES string of the molecule is Cn1nccc1-c1cc(NC(=O)Cc2noc3ccccc23)ccc1OCCN. The summed E-state index contributed by atoms with van der Waals surface area (Å²) in [6.45, 7) is 0.810. The summed E-state index contributed by atoms with van der Waals surface area (Å²) in [5.74, 6) is 0.496. The molecule has 0 spiro atoms. The van der Waals surface area contributed by atoms with Crippen LogP contribution in [0.1, 0.15) is 5.69 Å². The van der Waals surface area contributed by atoms with Gasteiger partial charge >= 0.3 is 0 Å². The molecule has 4 aromatic rings. The van der Waals surface area contributed by atoms with E-state index in [1.807, 2.05) is 49.5 Å². The molecule has 0 saturated carbocycles. The third-order valence-electron chi connectivity index (χ3n) is 4.52. The molecule has 1 amide bonds. The smallest absolute Gasteiger partial charge is 0.230 e. The van der Waals surface area contributed by atoms with Crippen molar-refractivity contribution in [1.82, 2.24) is 14.9 Å². The molecule has 0 aliphatic rings. The minimum Gasteiger partial charge on any atom is -0.492 e. The van der Waals surface area contributed by atoms with Gasteiger partial charge in [-0.3, -0.25) is 9.48 Å². The molecule has 0 radical (unpaired) electrons. The number of carbonyl (C=O) groups is 1. The van der Waals surface area contributed by atoms with Crippen molar-refractivity contribution in [2.45, 2.75) is 6.42 Å². The van der Waals surface area contributed by atoms with Crippen LogP contribution in [0.3, 0.4) is 0 Å². The molecule has 0 saturated heterocycles. The van der Waals surface area contributed by atoms with Crippen molar-refractivity contribution < 1.29 is 14.1 Å². The van der Waals surface area contributed by atoms with Gasteiger partial charge in [-0.05, 0) is 36.4 Å². The van der Waals surface area contributed by atoms with Crippen LogP contribution in [0.25, 0.3) is 22.2 Å². The van der Waals surface area contributed by atoms with Crippen LogP contribution in [-0.4, -0.2) is 34.0 Å². The summed E-state index contributed by atoms with van der Waals surface area (Å²) in [5.41, 5.74) is 9.17. The zero-order valence-electron chi connectivity index (χ0n) is 16.0. The van der Waals surface area contributed by atoms with E-state index < -0.39 is 0 Å². The van der Waals surface area contributed by atoms with E-state index in [0.717, 1.165) is 16.6 Å². The number of nitrogens with two attached hydrogens (primary N) is 1. The van der Waals surface area contributed by atoms with Gasteiger partial charge in [0.15, 0.2) is 5.58 Å². The molecule has 8 heteroatoms. The average molecular weight is 391 g/mol. The molecular formula is C21H21N5O3. The molecule has 0 aliphatic heterocycles. The van der Waals surface area contributed by atoms with Gasteiger partial charge in [-0.15, -0.1) is 0 Å². The van der Waals surface area contributed by atoms with Crippen molar-refractivity contribution in [2.75, 3.05) is 18.5 Å². The minimum atomic E-state index is -0.185. The Morgan fingerprint density at radius 2 is 2.10 bits per heavy atom. The quantitative estimate of drug-likeness (QED) is 0.501. The zero-order chi connectivity index (χ0) is 20.2. The molecule has 2 aromatic carbocycles. The van der Waals surface area contributed by atoms with E-state index in [9.17, 15) is 4.79 Å². The summed E-state index contributed by atoms with van der Waals surface area (Å²) in [7, 11) is 1.85. The number of aromatic nitrogens is 3. The molecule has 0 aliphatic carbocycles. The van der Waals surface area contributed by atoms with Crippen molar-refractivity contribution in [3.8, 4) is 17.0 Å². The van der Waals surface area contributed by atoms with Gasteiger partial charge in [-0.2, -0.15) is 5.10 Å². The highest BCUT2D eigenvalue weighted by Crippen LogP contribution is 2.32. The molecule has 2 aromatic heterocycles. The lowest BCUT2D eigenvalue weighted by Gasteiger charge is -2.13. The Labute approximate surface area is 167 Å². The number of carbonyl (C=O) groups excluding carboxylic acids is 1. The lowest BCUT2D eigenvalue weighted by Crippen LogP contribution is -2.15. The highest BCUT2D eigenvalue weighted by molar-refractivity contribution is 5.95. The normalized spacial score (nSPS) is 11.0. The largest absolute Gasteiger partial charge is 0.492 e. The van der Waals surface area contributed by atoms with E-state index in [0.29, 0.717) is 35.9 Å². The highest BCUT2D eigenvalue weighted by atomic mass is 16.5. The Kier molecular flexibility index (Phi) is 5.26. The molecule has 29 heavy (non-hydrogen) atoms. The molecule has 0 fully saturated rings. The third kappa shape index (κ3) is 3.97. The molecule has 4 rings (SSSR count). The number of nitrogens with zero attached hydrogens (tertiary/aromatic N) is 3. The van der Waals surface area contributed by atoms with Gasteiger partial charge < -0.3 is 20.3 Å². The minimum absolute atomic E-state index is 0.115. The first kappa shape index (κ1) is 18.7. The highest BCUT2D eigenvalue weighted by Gasteiger charge is 2.15. The van der Waals surface area contributed by atoms with E-state index in [1.165, 1.54) is 0 Å². The predicted molar refractivity (Wildman–Crippen MR) is 110 cm³/mol. The van der Waals surface area contributed by atoms with Crippen molar-refractivity contribution in [3.05, 3.63) is 60.4 Å². The van der Waals surface area contributed by atoms with Gasteiger partial charge in [0.05, 0.1) is 12.1 Å². The molecular weight excluding hydrogens is 370 g/mol. The molecule has 0 bridgehead atoms. The summed E-state index contributed by atoms with van der Waals surface area (Å²) in [6.07, 6.45) is 1.83. The number of rotatable bonds is 7. The number of para-hydroxylation sites is 1. The van der Waals surface area contributed by atoms with Gasteiger partial charge in [-0.1, -0.05) is 17.3 Å². The first-order chi connectivity index (χ1) is 14.2. The van der Waals surface area contributed by atoms with Crippen LogP contribution in [0.15, 0.2) is 59.3 Å². The first-order valence-electron chi connectivity index (χ1n) is 9.24. The fourth-order valence-corrected chi connectivity index (χ4v) is 3.16. The lowest BCUT2D eigenvalue weighted by molar-refractivity contribution is -0.115. The Morgan fingerprint density at radius 3 is 2.90 bits per heavy atom. The summed E-state index contributed by atoms with van der Waals surface area (Å²) in [5, 5.41) is 12.0. The van der Waals surface area contributed by atoms with Crippen LogP contribution in [0, 0.1) is 0 Å². The van der Waals surface area contributed by atoms with Crippen LogP contribution < -0.4 is 15.8 Å². The second kappa shape index (κ2) is 8.15. The maximum absolute atomic E-state index is 12.6. The maximum atomic E-state index is 12.6. The number of benzene rings is 2. The van der Waals surface area contributed by atoms with Crippen molar-refractivity contribution in [2.24, 2.45) is 12.8 Å². The van der Waals surface area contributed by atoms with Gasteiger partial charge in [0.25, 0.3) is 0 Å². The van der Waals surface area contributed by atoms with Gasteiger partial charge in [0, 0.05) is 36.4 Å². The van der Waals surface area contributed by atoms with Crippen molar-refractivity contribution in [1.29, 1.82) is 0 Å². The molecule has 2 heterocycles. The Hall–Kier alpha value is -3.65. The van der Waals surface area contributed by atoms with Crippen LogP contribution in [0.2, 0.25) is 0 Å². The summed E-state index contributed by atoms with van der Waals surface area (Å²) >= 11 is 0. The second-order valence-electron chi connectivity index (χ2n) is 6.54. The monoisotopic (exact) mass is 391 g/mol.